The molecule has 5 nitrogen and oxygen atoms in total. The van der Waals surface area contributed by atoms with Crippen LogP contribution < -0.4 is 5.73 Å². The van der Waals surface area contributed by atoms with Gasteiger partial charge >= 0.3 is 5.97 Å². The predicted molar refractivity (Wildman–Crippen MR) is 92.1 cm³/mol. The molecule has 0 saturated heterocycles. The lowest BCUT2D eigenvalue weighted by Crippen LogP contribution is -1.97. The van der Waals surface area contributed by atoms with Crippen LogP contribution in [-0.4, -0.2) is 21.0 Å². The van der Waals surface area contributed by atoms with E-state index in [1.54, 1.807) is 6.07 Å². The largest absolute Gasteiger partial charge is 0.478 e. The first kappa shape index (κ1) is 18.3. The Hall–Kier alpha value is -3.06. The summed E-state index contributed by atoms with van der Waals surface area (Å²) in [6, 6.07) is 7.10. The van der Waals surface area contributed by atoms with Gasteiger partial charge in [0.2, 0.25) is 0 Å². The number of rotatable bonds is 2. The molecule has 3 rings (SSSR count). The number of aromatic nitrogens is 2. The number of carboxylic acid groups (broad SMARTS) is 1. The highest BCUT2D eigenvalue weighted by molar-refractivity contribution is 6.30. The van der Waals surface area contributed by atoms with Gasteiger partial charge in [0.05, 0.1) is 10.4 Å². The zero-order chi connectivity index (χ0) is 18.6. The summed E-state index contributed by atoms with van der Waals surface area (Å²) in [6.45, 7) is 2.96. The molecule has 0 aliphatic carbocycles. The Morgan fingerprint density at radius 1 is 1.20 bits per heavy atom. The number of aliphatic carboxylic acids is 1. The number of halogens is 3. The van der Waals surface area contributed by atoms with E-state index in [9.17, 15) is 13.6 Å². The number of hydrogen-bond donors (Lipinski definition) is 2. The summed E-state index contributed by atoms with van der Waals surface area (Å²) in [7, 11) is 0. The zero-order valence-electron chi connectivity index (χ0n) is 12.7. The lowest BCUT2D eigenvalue weighted by atomic mass is 10.0. The Bertz CT molecular complexity index is 964. The maximum atomic E-state index is 13.8. The number of carbonyl (C=O) groups is 1. The van der Waals surface area contributed by atoms with E-state index < -0.39 is 17.6 Å². The van der Waals surface area contributed by atoms with Gasteiger partial charge in [-0.15, -0.1) is 0 Å². The third-order valence-corrected chi connectivity index (χ3v) is 3.48. The van der Waals surface area contributed by atoms with Crippen LogP contribution in [0.2, 0.25) is 5.02 Å². The first-order valence-corrected chi connectivity index (χ1v) is 7.22. The average molecular weight is 364 g/mol. The van der Waals surface area contributed by atoms with Gasteiger partial charge in [-0.05, 0) is 29.3 Å². The fraction of sp³-hybridized carbons (Fsp3) is 0. The molecule has 3 aromatic rings. The van der Waals surface area contributed by atoms with Gasteiger partial charge in [-0.3, -0.25) is 0 Å². The van der Waals surface area contributed by atoms with Crippen molar-refractivity contribution in [3.8, 4) is 11.1 Å². The SMILES string of the molecule is C=CC(=O)O.Nc1ncnc2c(F)ccc(-c3ccc(Cl)c(F)c3)c12. The topological polar surface area (TPSA) is 89.1 Å². The Labute approximate surface area is 146 Å². The number of fused-ring (bicyclic) bond motifs is 1. The van der Waals surface area contributed by atoms with Crippen molar-refractivity contribution in [3.63, 3.8) is 0 Å². The van der Waals surface area contributed by atoms with Crippen LogP contribution in [0.5, 0.6) is 0 Å². The normalized spacial score (nSPS) is 10.0. The molecular formula is C17H12ClF2N3O2. The molecule has 1 heterocycles. The van der Waals surface area contributed by atoms with Gasteiger partial charge in [0.1, 0.15) is 29.3 Å². The van der Waals surface area contributed by atoms with Crippen LogP contribution in [0.3, 0.4) is 0 Å². The number of anilines is 1. The molecule has 25 heavy (non-hydrogen) atoms. The van der Waals surface area contributed by atoms with Crippen molar-refractivity contribution < 1.29 is 18.7 Å². The Balaban J connectivity index is 0.000000399. The summed E-state index contributed by atoms with van der Waals surface area (Å²) in [5, 5.41) is 7.98. The molecule has 0 radical (unpaired) electrons. The fourth-order valence-electron chi connectivity index (χ4n) is 2.07. The molecule has 0 atom stereocenters. The minimum atomic E-state index is -0.981. The van der Waals surface area contributed by atoms with E-state index in [4.69, 9.17) is 22.4 Å². The highest BCUT2D eigenvalue weighted by atomic mass is 35.5. The molecule has 0 fully saturated rings. The summed E-state index contributed by atoms with van der Waals surface area (Å²) in [4.78, 5) is 17.0. The van der Waals surface area contributed by atoms with Crippen LogP contribution >= 0.6 is 11.6 Å². The molecule has 0 unspecified atom stereocenters. The lowest BCUT2D eigenvalue weighted by Gasteiger charge is -2.09. The summed E-state index contributed by atoms with van der Waals surface area (Å²) in [6.07, 6.45) is 2.02. The second-order valence-electron chi connectivity index (χ2n) is 4.75. The first-order valence-electron chi connectivity index (χ1n) is 6.84. The van der Waals surface area contributed by atoms with E-state index in [2.05, 4.69) is 16.5 Å². The van der Waals surface area contributed by atoms with E-state index in [1.807, 2.05) is 0 Å². The molecule has 1 aromatic heterocycles. The molecule has 0 bridgehead atoms. The quantitative estimate of drug-likeness (QED) is 0.670. The third-order valence-electron chi connectivity index (χ3n) is 3.17. The monoisotopic (exact) mass is 363 g/mol. The van der Waals surface area contributed by atoms with Gasteiger partial charge in [-0.2, -0.15) is 0 Å². The van der Waals surface area contributed by atoms with Crippen molar-refractivity contribution in [1.29, 1.82) is 0 Å². The molecule has 3 N–H and O–H groups in total. The van der Waals surface area contributed by atoms with Crippen molar-refractivity contribution in [2.24, 2.45) is 0 Å². The van der Waals surface area contributed by atoms with Crippen molar-refractivity contribution in [3.05, 3.63) is 66.0 Å². The molecule has 2 aromatic carbocycles. The molecular weight excluding hydrogens is 352 g/mol. The second-order valence-corrected chi connectivity index (χ2v) is 5.16. The van der Waals surface area contributed by atoms with Gasteiger partial charge in [0.25, 0.3) is 0 Å². The zero-order valence-corrected chi connectivity index (χ0v) is 13.5. The molecule has 0 aliphatic rings. The first-order chi connectivity index (χ1) is 11.8. The number of nitrogens with two attached hydrogens (primary N) is 1. The highest BCUT2D eigenvalue weighted by Crippen LogP contribution is 2.33. The van der Waals surface area contributed by atoms with Crippen LogP contribution in [0.15, 0.2) is 49.3 Å². The van der Waals surface area contributed by atoms with Gasteiger partial charge in [-0.1, -0.05) is 30.3 Å². The maximum absolute atomic E-state index is 13.8. The van der Waals surface area contributed by atoms with E-state index in [0.29, 0.717) is 16.5 Å². The Kier molecular flexibility index (Phi) is 5.61. The number of nitrogens with zero attached hydrogens (tertiary/aromatic N) is 2. The minimum absolute atomic E-state index is 0.0180. The Morgan fingerprint density at radius 2 is 1.88 bits per heavy atom. The fourth-order valence-corrected chi connectivity index (χ4v) is 2.19. The molecule has 0 aliphatic heterocycles. The van der Waals surface area contributed by atoms with Crippen molar-refractivity contribution in [2.45, 2.75) is 0 Å². The second kappa shape index (κ2) is 7.67. The van der Waals surface area contributed by atoms with Crippen molar-refractivity contribution >= 4 is 34.3 Å². The average Bonchev–Trinajstić information content (AvgIpc) is 2.59. The van der Waals surface area contributed by atoms with Crippen molar-refractivity contribution in [1.82, 2.24) is 9.97 Å². The predicted octanol–water partition coefficient (Wildman–Crippen LogP) is 4.07. The van der Waals surface area contributed by atoms with Gasteiger partial charge in [0, 0.05) is 6.08 Å². The lowest BCUT2D eigenvalue weighted by molar-refractivity contribution is -0.131. The van der Waals surface area contributed by atoms with Crippen LogP contribution in [0.4, 0.5) is 14.6 Å². The smallest absolute Gasteiger partial charge is 0.327 e. The Morgan fingerprint density at radius 3 is 2.48 bits per heavy atom. The standard InChI is InChI=1S/C14H8ClF2N3.C3H4O2/c15-9-3-1-7(5-11(9)17)8-2-4-10(16)13-12(8)14(18)20-6-19-13;1-2-3(4)5/h1-6H,(H2,18,19,20);2H,1H2,(H,4,5). The van der Waals surface area contributed by atoms with E-state index in [0.717, 1.165) is 6.08 Å². The summed E-state index contributed by atoms with van der Waals surface area (Å²) >= 11 is 5.66. The van der Waals surface area contributed by atoms with Gasteiger partial charge in [0.15, 0.2) is 0 Å². The number of carboxylic acids is 1. The number of nitrogen functional groups attached to an aromatic ring is 1. The third kappa shape index (κ3) is 4.07. The molecule has 8 heteroatoms. The van der Waals surface area contributed by atoms with E-state index in [1.165, 1.54) is 30.6 Å². The maximum Gasteiger partial charge on any atom is 0.327 e. The van der Waals surface area contributed by atoms with Crippen LogP contribution in [0.25, 0.3) is 22.0 Å². The molecule has 0 amide bonds. The molecule has 0 spiro atoms. The summed E-state index contributed by atoms with van der Waals surface area (Å²) in [5.74, 6) is -1.91. The minimum Gasteiger partial charge on any atom is -0.478 e. The van der Waals surface area contributed by atoms with Crippen LogP contribution in [-0.2, 0) is 4.79 Å². The summed E-state index contributed by atoms with van der Waals surface area (Å²) < 4.78 is 27.3. The van der Waals surface area contributed by atoms with Crippen molar-refractivity contribution in [2.75, 3.05) is 5.73 Å². The highest BCUT2D eigenvalue weighted by Gasteiger charge is 2.13. The summed E-state index contributed by atoms with van der Waals surface area (Å²) in [5.41, 5.74) is 6.97. The van der Waals surface area contributed by atoms with E-state index >= 15 is 0 Å². The van der Waals surface area contributed by atoms with Crippen LogP contribution in [0, 0.1) is 11.6 Å². The van der Waals surface area contributed by atoms with E-state index in [-0.39, 0.29) is 16.4 Å². The number of hydrogen-bond acceptors (Lipinski definition) is 4. The molecule has 0 saturated carbocycles. The van der Waals surface area contributed by atoms with Gasteiger partial charge in [-0.25, -0.2) is 23.5 Å². The number of benzene rings is 2. The molecule has 128 valence electrons. The van der Waals surface area contributed by atoms with Gasteiger partial charge < -0.3 is 10.8 Å². The van der Waals surface area contributed by atoms with Crippen LogP contribution in [0.1, 0.15) is 0 Å².